The lowest BCUT2D eigenvalue weighted by molar-refractivity contribution is 0.196. The van der Waals surface area contributed by atoms with Gasteiger partial charge in [0, 0.05) is 76.5 Å². The maximum absolute atomic E-state index is 13.7. The first kappa shape index (κ1) is 31.4. The number of hydrogen-bond donors (Lipinski definition) is 2. The second kappa shape index (κ2) is 15.1. The van der Waals surface area contributed by atoms with E-state index in [2.05, 4.69) is 31.8 Å². The van der Waals surface area contributed by atoms with Crippen LogP contribution in [0, 0.1) is 11.3 Å². The molecule has 0 radical (unpaired) electrons. The monoisotopic (exact) mass is 608 g/mol. The minimum absolute atomic E-state index is 0.0278. The summed E-state index contributed by atoms with van der Waals surface area (Å²) in [5.74, 6) is 1.71. The molecule has 45 heavy (non-hydrogen) atoms. The summed E-state index contributed by atoms with van der Waals surface area (Å²) in [5, 5.41) is 20.4. The zero-order valence-corrected chi connectivity index (χ0v) is 26.1. The van der Waals surface area contributed by atoms with Crippen molar-refractivity contribution in [1.82, 2.24) is 30.0 Å². The lowest BCUT2D eigenvalue weighted by atomic mass is 9.90. The van der Waals surface area contributed by atoms with E-state index in [0.717, 1.165) is 48.8 Å². The summed E-state index contributed by atoms with van der Waals surface area (Å²) in [4.78, 5) is 31.3. The number of urea groups is 1. The number of nitrogens with one attached hydrogen (secondary N) is 2. The molecule has 1 aliphatic carbocycles. The van der Waals surface area contributed by atoms with Crippen LogP contribution in [0.15, 0.2) is 67.3 Å². The number of aromatic nitrogens is 5. The van der Waals surface area contributed by atoms with Crippen molar-refractivity contribution < 1.29 is 9.53 Å². The third-order valence-electron chi connectivity index (χ3n) is 8.03. The third-order valence-corrected chi connectivity index (χ3v) is 8.03. The minimum Gasteiger partial charge on any atom is -0.385 e. The van der Waals surface area contributed by atoms with Gasteiger partial charge in [0.1, 0.15) is 17.5 Å². The molecule has 3 heterocycles. The van der Waals surface area contributed by atoms with E-state index in [1.54, 1.807) is 35.3 Å². The zero-order chi connectivity index (χ0) is 31.6. The Labute approximate surface area is 264 Å². The highest BCUT2D eigenvalue weighted by Crippen LogP contribution is 2.30. The molecule has 1 aliphatic rings. The van der Waals surface area contributed by atoms with E-state index >= 15 is 0 Å². The molecule has 2 N–H and O–H groups in total. The number of carbonyl (C=O) groups excluding carboxylic acids is 1. The SMILES string of the molecule is COCCCN(C)c1nc(N[C@H]2CC[C@H](N(C(=O)NCc3ccccc3)c3ccc(-c4cnn(C)c4)cn3)CC2)ncc1C#N. The van der Waals surface area contributed by atoms with Crippen LogP contribution in [0.25, 0.3) is 11.1 Å². The van der Waals surface area contributed by atoms with Crippen LogP contribution in [0.5, 0.6) is 0 Å². The smallest absolute Gasteiger partial charge is 0.323 e. The average Bonchev–Trinajstić information content (AvgIpc) is 3.51. The first-order chi connectivity index (χ1) is 21.9. The molecule has 0 aliphatic heterocycles. The van der Waals surface area contributed by atoms with Crippen LogP contribution >= 0.6 is 0 Å². The second-order valence-corrected chi connectivity index (χ2v) is 11.3. The van der Waals surface area contributed by atoms with Gasteiger partial charge in [-0.2, -0.15) is 15.3 Å². The highest BCUT2D eigenvalue weighted by atomic mass is 16.5. The van der Waals surface area contributed by atoms with E-state index in [-0.39, 0.29) is 18.1 Å². The van der Waals surface area contributed by atoms with Gasteiger partial charge in [-0.05, 0) is 49.8 Å². The van der Waals surface area contributed by atoms with E-state index in [1.807, 2.05) is 67.7 Å². The summed E-state index contributed by atoms with van der Waals surface area (Å²) in [5.41, 5.74) is 3.38. The number of nitriles is 1. The van der Waals surface area contributed by atoms with Crippen molar-refractivity contribution in [2.24, 2.45) is 7.05 Å². The summed E-state index contributed by atoms with van der Waals surface area (Å²) < 4.78 is 6.92. The van der Waals surface area contributed by atoms with Crippen LogP contribution in [0.2, 0.25) is 0 Å². The summed E-state index contributed by atoms with van der Waals surface area (Å²) in [6.45, 7) is 1.78. The van der Waals surface area contributed by atoms with Crippen molar-refractivity contribution in [2.75, 3.05) is 42.4 Å². The van der Waals surface area contributed by atoms with E-state index < -0.39 is 0 Å². The first-order valence-electron chi connectivity index (χ1n) is 15.2. The summed E-state index contributed by atoms with van der Waals surface area (Å²) in [7, 11) is 5.47. The number of amides is 2. The molecular weight excluding hydrogens is 568 g/mol. The Morgan fingerprint density at radius 2 is 1.87 bits per heavy atom. The molecule has 12 heteroatoms. The minimum atomic E-state index is -0.173. The fraction of sp³-hybridized carbons (Fsp3) is 0.394. The van der Waals surface area contributed by atoms with Gasteiger partial charge in [0.15, 0.2) is 5.82 Å². The number of rotatable bonds is 12. The molecule has 0 atom stereocenters. The third kappa shape index (κ3) is 8.13. The normalized spacial score (nSPS) is 16.0. The Kier molecular flexibility index (Phi) is 10.6. The van der Waals surface area contributed by atoms with Crippen molar-refractivity contribution >= 4 is 23.6 Å². The maximum atomic E-state index is 13.7. The van der Waals surface area contributed by atoms with E-state index in [4.69, 9.17) is 9.72 Å². The topological polar surface area (TPSA) is 137 Å². The molecule has 1 saturated carbocycles. The molecule has 2 amide bonds. The van der Waals surface area contributed by atoms with Gasteiger partial charge in [-0.15, -0.1) is 0 Å². The number of carbonyl (C=O) groups is 1. The number of anilines is 3. The second-order valence-electron chi connectivity index (χ2n) is 11.3. The first-order valence-corrected chi connectivity index (χ1v) is 15.2. The molecule has 0 unspecified atom stereocenters. The zero-order valence-electron chi connectivity index (χ0n) is 26.1. The highest BCUT2D eigenvalue weighted by Gasteiger charge is 2.31. The molecule has 0 bridgehead atoms. The van der Waals surface area contributed by atoms with Crippen LogP contribution in [0.3, 0.4) is 0 Å². The highest BCUT2D eigenvalue weighted by molar-refractivity contribution is 5.91. The summed E-state index contributed by atoms with van der Waals surface area (Å²) in [6, 6.07) is 15.9. The molecule has 4 aromatic rings. The van der Waals surface area contributed by atoms with Crippen LogP contribution < -0.4 is 20.4 Å². The quantitative estimate of drug-likeness (QED) is 0.218. The molecule has 0 saturated heterocycles. The lowest BCUT2D eigenvalue weighted by Gasteiger charge is -2.36. The van der Waals surface area contributed by atoms with Crippen LogP contribution in [0.4, 0.5) is 22.4 Å². The molecule has 1 fully saturated rings. The molecule has 5 rings (SSSR count). The van der Waals surface area contributed by atoms with Gasteiger partial charge in [-0.25, -0.2) is 14.8 Å². The molecule has 12 nitrogen and oxygen atoms in total. The Balaban J connectivity index is 1.27. The van der Waals surface area contributed by atoms with Gasteiger partial charge in [-0.3, -0.25) is 9.58 Å². The number of pyridine rings is 1. The maximum Gasteiger partial charge on any atom is 0.323 e. The molecular formula is C33H40N10O2. The van der Waals surface area contributed by atoms with Crippen LogP contribution in [-0.4, -0.2) is 70.2 Å². The summed E-state index contributed by atoms with van der Waals surface area (Å²) >= 11 is 0. The van der Waals surface area contributed by atoms with Crippen LogP contribution in [0.1, 0.15) is 43.2 Å². The predicted molar refractivity (Wildman–Crippen MR) is 174 cm³/mol. The summed E-state index contributed by atoms with van der Waals surface area (Å²) in [6.07, 6.45) is 11.1. The van der Waals surface area contributed by atoms with Crippen molar-refractivity contribution in [2.45, 2.75) is 50.7 Å². The van der Waals surface area contributed by atoms with Crippen molar-refractivity contribution in [1.29, 1.82) is 5.26 Å². The fourth-order valence-electron chi connectivity index (χ4n) is 5.61. The number of benzene rings is 1. The molecule has 234 valence electrons. The number of hydrogen-bond acceptors (Lipinski definition) is 9. The Bertz CT molecular complexity index is 1580. The molecule has 0 spiro atoms. The number of aryl methyl sites for hydroxylation is 1. The predicted octanol–water partition coefficient (Wildman–Crippen LogP) is 4.76. The Hall–Kier alpha value is -5.02. The lowest BCUT2D eigenvalue weighted by Crippen LogP contribution is -2.49. The molecule has 1 aromatic carbocycles. The van der Waals surface area contributed by atoms with Gasteiger partial charge in [0.25, 0.3) is 0 Å². The average molecular weight is 609 g/mol. The van der Waals surface area contributed by atoms with E-state index in [0.29, 0.717) is 42.8 Å². The van der Waals surface area contributed by atoms with E-state index in [9.17, 15) is 10.1 Å². The van der Waals surface area contributed by atoms with Crippen molar-refractivity contribution in [3.63, 3.8) is 0 Å². The fourth-order valence-corrected chi connectivity index (χ4v) is 5.61. The van der Waals surface area contributed by atoms with Gasteiger partial charge in [0.2, 0.25) is 5.95 Å². The number of ether oxygens (including phenoxy) is 1. The standard InChI is InChI=1S/C33H40N10O2/c1-41(16-7-17-45-3)31-26(18-34)21-36-32(40-31)39-28-11-13-29(14-12-28)43(33(44)37-19-24-8-5-4-6-9-24)30-15-10-25(20-35-30)27-22-38-42(2)23-27/h4-6,8-10,15,20-23,28-29H,7,11-14,16-17,19H2,1-3H3,(H,37,44)(H,36,39,40)/t28-,29-. The Morgan fingerprint density at radius 3 is 2.53 bits per heavy atom. The van der Waals surface area contributed by atoms with Gasteiger partial charge < -0.3 is 20.3 Å². The van der Waals surface area contributed by atoms with Gasteiger partial charge in [0.05, 0.1) is 12.4 Å². The van der Waals surface area contributed by atoms with Gasteiger partial charge >= 0.3 is 6.03 Å². The van der Waals surface area contributed by atoms with Crippen molar-refractivity contribution in [3.05, 3.63) is 78.4 Å². The van der Waals surface area contributed by atoms with E-state index in [1.165, 1.54) is 0 Å². The number of methoxy groups -OCH3 is 1. The van der Waals surface area contributed by atoms with Gasteiger partial charge in [-0.1, -0.05) is 30.3 Å². The van der Waals surface area contributed by atoms with Crippen LogP contribution in [-0.2, 0) is 18.3 Å². The Morgan fingerprint density at radius 1 is 1.07 bits per heavy atom. The largest absolute Gasteiger partial charge is 0.385 e. The van der Waals surface area contributed by atoms with Crippen molar-refractivity contribution in [3.8, 4) is 17.2 Å². The molecule has 3 aromatic heterocycles. The number of nitrogens with zero attached hydrogens (tertiary/aromatic N) is 8.